The van der Waals surface area contributed by atoms with E-state index >= 15 is 0 Å². The number of methoxy groups -OCH3 is 1. The number of nitrogens with one attached hydrogen (secondary N) is 1. The number of anilines is 3. The van der Waals surface area contributed by atoms with Crippen molar-refractivity contribution in [2.75, 3.05) is 50.6 Å². The minimum absolute atomic E-state index is 0.0981. The van der Waals surface area contributed by atoms with E-state index in [1.54, 1.807) is 37.7 Å². The largest absolute Gasteiger partial charge is 0.480 e. The topological polar surface area (TPSA) is 75.6 Å². The summed E-state index contributed by atoms with van der Waals surface area (Å²) in [6.07, 6.45) is 3.37. The number of nitrogens with zero attached hydrogens (tertiary/aromatic N) is 5. The average Bonchev–Trinajstić information content (AvgIpc) is 2.86. The van der Waals surface area contributed by atoms with Gasteiger partial charge in [0.05, 0.1) is 7.11 Å². The standard InChI is InChI=1S/C22H24F2N6O2.C2H6/c1-29-9-11-30(12-10-29)22-25-8-7-19(28-22)27-18-13-16(14-26-20(18)31-2)15-3-5-17(6-4-15)32-21(23)24;1-2/h3-8,13-14,21H,9-12H2,1-2H3,(H,25,27,28);1-2H3. The number of aromatic nitrogens is 3. The fourth-order valence-corrected chi connectivity index (χ4v) is 3.41. The zero-order chi connectivity index (χ0) is 24.5. The number of piperazine rings is 1. The van der Waals surface area contributed by atoms with Crippen LogP contribution < -0.4 is 19.7 Å². The van der Waals surface area contributed by atoms with Crippen LogP contribution in [0.15, 0.2) is 48.8 Å². The Morgan fingerprint density at radius 3 is 2.32 bits per heavy atom. The van der Waals surface area contributed by atoms with Crippen LogP contribution in [0.1, 0.15) is 13.8 Å². The van der Waals surface area contributed by atoms with Gasteiger partial charge >= 0.3 is 6.61 Å². The lowest BCUT2D eigenvalue weighted by atomic mass is 10.1. The van der Waals surface area contributed by atoms with Gasteiger partial charge in [-0.2, -0.15) is 13.8 Å². The van der Waals surface area contributed by atoms with Crippen molar-refractivity contribution in [3.8, 4) is 22.8 Å². The van der Waals surface area contributed by atoms with E-state index < -0.39 is 6.61 Å². The predicted molar refractivity (Wildman–Crippen MR) is 129 cm³/mol. The Hall–Kier alpha value is -3.53. The third-order valence-corrected chi connectivity index (χ3v) is 5.15. The maximum Gasteiger partial charge on any atom is 0.387 e. The van der Waals surface area contributed by atoms with Crippen molar-refractivity contribution in [1.82, 2.24) is 19.9 Å². The van der Waals surface area contributed by atoms with Crippen LogP contribution in [-0.4, -0.2) is 66.8 Å². The van der Waals surface area contributed by atoms with E-state index in [0.717, 1.165) is 37.3 Å². The molecule has 0 bridgehead atoms. The molecule has 0 radical (unpaired) electrons. The van der Waals surface area contributed by atoms with Gasteiger partial charge in [0.2, 0.25) is 11.8 Å². The fraction of sp³-hybridized carbons (Fsp3) is 0.375. The number of halogens is 2. The average molecular weight is 473 g/mol. The summed E-state index contributed by atoms with van der Waals surface area (Å²) >= 11 is 0. The number of benzene rings is 1. The first-order chi connectivity index (χ1) is 16.5. The highest BCUT2D eigenvalue weighted by molar-refractivity contribution is 5.72. The van der Waals surface area contributed by atoms with E-state index in [2.05, 4.69) is 41.9 Å². The molecule has 2 aromatic heterocycles. The molecular weight excluding hydrogens is 442 g/mol. The molecule has 1 aliphatic heterocycles. The molecule has 0 unspecified atom stereocenters. The lowest BCUT2D eigenvalue weighted by Crippen LogP contribution is -2.45. The van der Waals surface area contributed by atoms with Crippen molar-refractivity contribution in [1.29, 1.82) is 0 Å². The van der Waals surface area contributed by atoms with Crippen molar-refractivity contribution in [3.05, 3.63) is 48.8 Å². The zero-order valence-electron chi connectivity index (χ0n) is 19.8. The number of rotatable bonds is 7. The second kappa shape index (κ2) is 12.1. The summed E-state index contributed by atoms with van der Waals surface area (Å²) in [6.45, 7) is 4.80. The maximum absolute atomic E-state index is 12.4. The second-order valence-corrected chi connectivity index (χ2v) is 7.34. The highest BCUT2D eigenvalue weighted by atomic mass is 19.3. The SMILES string of the molecule is CC.COc1ncc(-c2ccc(OC(F)F)cc2)cc1Nc1ccnc(N2CCN(C)CC2)n1. The van der Waals surface area contributed by atoms with Crippen molar-refractivity contribution in [3.63, 3.8) is 0 Å². The van der Waals surface area contributed by atoms with Gasteiger partial charge in [0.15, 0.2) is 0 Å². The minimum atomic E-state index is -2.86. The first-order valence-corrected chi connectivity index (χ1v) is 11.1. The molecule has 1 N–H and O–H groups in total. The second-order valence-electron chi connectivity index (χ2n) is 7.34. The van der Waals surface area contributed by atoms with Crippen molar-refractivity contribution in [2.24, 2.45) is 0 Å². The molecule has 1 aliphatic rings. The molecule has 3 aromatic rings. The highest BCUT2D eigenvalue weighted by Gasteiger charge is 2.17. The van der Waals surface area contributed by atoms with Crippen molar-refractivity contribution in [2.45, 2.75) is 20.5 Å². The molecule has 4 rings (SSSR count). The Bertz CT molecular complexity index is 1040. The van der Waals surface area contributed by atoms with Gasteiger partial charge < -0.3 is 24.6 Å². The van der Waals surface area contributed by atoms with E-state index in [0.29, 0.717) is 23.3 Å². The summed E-state index contributed by atoms with van der Waals surface area (Å²) in [5.74, 6) is 1.79. The Morgan fingerprint density at radius 2 is 1.68 bits per heavy atom. The molecular formula is C24H30F2N6O2. The summed E-state index contributed by atoms with van der Waals surface area (Å²) in [6, 6.07) is 10.0. The molecule has 1 saturated heterocycles. The summed E-state index contributed by atoms with van der Waals surface area (Å²) in [5, 5.41) is 3.26. The summed E-state index contributed by atoms with van der Waals surface area (Å²) in [5.41, 5.74) is 2.21. The quantitative estimate of drug-likeness (QED) is 0.532. The van der Waals surface area contributed by atoms with E-state index in [1.165, 1.54) is 12.1 Å². The van der Waals surface area contributed by atoms with Crippen LogP contribution in [0.2, 0.25) is 0 Å². The molecule has 182 valence electrons. The van der Waals surface area contributed by atoms with Crippen LogP contribution >= 0.6 is 0 Å². The molecule has 1 fully saturated rings. The fourth-order valence-electron chi connectivity index (χ4n) is 3.41. The minimum Gasteiger partial charge on any atom is -0.480 e. The number of pyridine rings is 1. The lowest BCUT2D eigenvalue weighted by Gasteiger charge is -2.32. The van der Waals surface area contributed by atoms with Crippen LogP contribution in [0.25, 0.3) is 11.1 Å². The lowest BCUT2D eigenvalue weighted by molar-refractivity contribution is -0.0498. The number of hydrogen-bond acceptors (Lipinski definition) is 8. The molecule has 0 spiro atoms. The number of ether oxygens (including phenoxy) is 2. The number of hydrogen-bond donors (Lipinski definition) is 1. The van der Waals surface area contributed by atoms with Crippen LogP contribution in [0.5, 0.6) is 11.6 Å². The van der Waals surface area contributed by atoms with Crippen molar-refractivity contribution < 1.29 is 18.3 Å². The van der Waals surface area contributed by atoms with Gasteiger partial charge in [0.25, 0.3) is 0 Å². The summed E-state index contributed by atoms with van der Waals surface area (Å²) in [4.78, 5) is 17.8. The highest BCUT2D eigenvalue weighted by Crippen LogP contribution is 2.31. The zero-order valence-corrected chi connectivity index (χ0v) is 19.8. The molecule has 0 atom stereocenters. The van der Waals surface area contributed by atoms with E-state index in [9.17, 15) is 8.78 Å². The first kappa shape index (κ1) is 25.1. The Morgan fingerprint density at radius 1 is 0.971 bits per heavy atom. The van der Waals surface area contributed by atoms with Gasteiger partial charge in [-0.15, -0.1) is 0 Å². The van der Waals surface area contributed by atoms with Gasteiger partial charge in [-0.25, -0.2) is 9.97 Å². The van der Waals surface area contributed by atoms with Crippen LogP contribution in [0, 0.1) is 0 Å². The normalized spacial score (nSPS) is 13.8. The molecule has 10 heteroatoms. The first-order valence-electron chi connectivity index (χ1n) is 11.1. The van der Waals surface area contributed by atoms with E-state index in [1.807, 2.05) is 19.9 Å². The Kier molecular flexibility index (Phi) is 8.92. The number of alkyl halides is 2. The molecule has 0 amide bonds. The molecule has 3 heterocycles. The van der Waals surface area contributed by atoms with E-state index in [4.69, 9.17) is 4.74 Å². The third kappa shape index (κ3) is 6.50. The monoisotopic (exact) mass is 472 g/mol. The van der Waals surface area contributed by atoms with Gasteiger partial charge in [0.1, 0.15) is 17.3 Å². The number of likely N-dealkylation sites (N-methyl/N-ethyl adjacent to an activating group) is 1. The van der Waals surface area contributed by atoms with Gasteiger partial charge in [0, 0.05) is 44.1 Å². The van der Waals surface area contributed by atoms with Crippen LogP contribution in [0.3, 0.4) is 0 Å². The van der Waals surface area contributed by atoms with Crippen LogP contribution in [0.4, 0.5) is 26.2 Å². The Balaban J connectivity index is 0.00000158. The predicted octanol–water partition coefficient (Wildman–Crippen LogP) is 4.67. The van der Waals surface area contributed by atoms with Crippen molar-refractivity contribution >= 4 is 17.5 Å². The maximum atomic E-state index is 12.4. The summed E-state index contributed by atoms with van der Waals surface area (Å²) < 4.78 is 34.6. The smallest absolute Gasteiger partial charge is 0.387 e. The molecule has 0 saturated carbocycles. The van der Waals surface area contributed by atoms with Gasteiger partial charge in [-0.1, -0.05) is 26.0 Å². The summed E-state index contributed by atoms with van der Waals surface area (Å²) in [7, 11) is 3.64. The third-order valence-electron chi connectivity index (χ3n) is 5.15. The molecule has 34 heavy (non-hydrogen) atoms. The molecule has 1 aromatic carbocycles. The Labute approximate surface area is 198 Å². The molecule has 0 aliphatic carbocycles. The molecule has 8 nitrogen and oxygen atoms in total. The van der Waals surface area contributed by atoms with Gasteiger partial charge in [-0.3, -0.25) is 0 Å². The van der Waals surface area contributed by atoms with E-state index in [-0.39, 0.29) is 5.75 Å². The van der Waals surface area contributed by atoms with Crippen LogP contribution in [-0.2, 0) is 0 Å². The van der Waals surface area contributed by atoms with Gasteiger partial charge in [-0.05, 0) is 36.9 Å².